The summed E-state index contributed by atoms with van der Waals surface area (Å²) in [7, 11) is 1.88. The molecule has 0 aromatic rings. The first-order chi connectivity index (χ1) is 10.7. The monoisotopic (exact) mass is 315 g/mol. The number of carbonyl (C=O) groups excluding carboxylic acids is 2. The van der Waals surface area contributed by atoms with Crippen molar-refractivity contribution in [3.63, 3.8) is 0 Å². The van der Waals surface area contributed by atoms with Gasteiger partial charge in [-0.1, -0.05) is 0 Å². The van der Waals surface area contributed by atoms with Crippen molar-refractivity contribution in [1.29, 1.82) is 0 Å². The number of Topliss-reactive ketones (excluding diaryl/α,β-unsaturated/α-hetero) is 1. The lowest BCUT2D eigenvalue weighted by Gasteiger charge is -2.22. The summed E-state index contributed by atoms with van der Waals surface area (Å²) in [5, 5.41) is 6.07. The summed E-state index contributed by atoms with van der Waals surface area (Å²) in [6.07, 6.45) is 1.69. The molecule has 7 heteroatoms. The first-order valence-electron chi connectivity index (χ1n) is 7.97. The summed E-state index contributed by atoms with van der Waals surface area (Å²) in [4.78, 5) is 25.2. The van der Waals surface area contributed by atoms with Gasteiger partial charge >= 0.3 is 0 Å². The van der Waals surface area contributed by atoms with Crippen LogP contribution in [0, 0.1) is 0 Å². The smallest absolute Gasteiger partial charge is 0.220 e. The van der Waals surface area contributed by atoms with E-state index in [0.717, 1.165) is 19.4 Å². The maximum Gasteiger partial charge on any atom is 0.220 e. The molecule has 7 nitrogen and oxygen atoms in total. The Balaban J connectivity index is 1.98. The molecule has 1 heterocycles. The molecule has 1 saturated heterocycles. The van der Waals surface area contributed by atoms with Crippen molar-refractivity contribution in [2.45, 2.75) is 25.8 Å². The summed E-state index contributed by atoms with van der Waals surface area (Å²) in [5.74, 6) is 0.0700. The van der Waals surface area contributed by atoms with Crippen molar-refractivity contribution in [1.82, 2.24) is 15.5 Å². The fourth-order valence-corrected chi connectivity index (χ4v) is 2.45. The number of rotatable bonds is 12. The van der Waals surface area contributed by atoms with Crippen LogP contribution in [0.25, 0.3) is 0 Å². The zero-order valence-corrected chi connectivity index (χ0v) is 13.7. The van der Waals surface area contributed by atoms with E-state index >= 15 is 0 Å². The van der Waals surface area contributed by atoms with Crippen LogP contribution in [0.5, 0.6) is 0 Å². The van der Waals surface area contributed by atoms with E-state index in [4.69, 9.17) is 9.47 Å². The molecule has 0 spiro atoms. The molecule has 0 aromatic heterocycles. The first kappa shape index (κ1) is 19.0. The highest BCUT2D eigenvalue weighted by Crippen LogP contribution is 2.17. The van der Waals surface area contributed by atoms with E-state index in [1.165, 1.54) is 6.92 Å². The molecule has 1 aliphatic rings. The topological polar surface area (TPSA) is 79.9 Å². The van der Waals surface area contributed by atoms with Gasteiger partial charge in [-0.05, 0) is 19.9 Å². The van der Waals surface area contributed by atoms with Gasteiger partial charge in [0, 0.05) is 26.6 Å². The largest absolute Gasteiger partial charge is 0.378 e. The van der Waals surface area contributed by atoms with E-state index < -0.39 is 0 Å². The Labute approximate surface area is 132 Å². The van der Waals surface area contributed by atoms with Crippen molar-refractivity contribution in [2.24, 2.45) is 0 Å². The Bertz CT molecular complexity index is 339. The SMILES string of the molecule is CNCCOCCOCCNCC(=O)C1CCCN1C(C)=O. The molecule has 1 rings (SSSR count). The third kappa shape index (κ3) is 7.31. The number of carbonyl (C=O) groups is 2. The molecule has 0 bridgehead atoms. The highest BCUT2D eigenvalue weighted by Gasteiger charge is 2.31. The third-order valence-corrected chi connectivity index (χ3v) is 3.62. The minimum atomic E-state index is -0.244. The van der Waals surface area contributed by atoms with Gasteiger partial charge in [0.2, 0.25) is 5.91 Å². The van der Waals surface area contributed by atoms with Gasteiger partial charge in [-0.2, -0.15) is 0 Å². The summed E-state index contributed by atoms with van der Waals surface area (Å²) < 4.78 is 10.7. The van der Waals surface area contributed by atoms with Gasteiger partial charge in [0.25, 0.3) is 0 Å². The standard InChI is InChI=1S/C15H29N3O4/c1-13(19)18-7-3-4-14(18)15(20)12-17-6-9-22-11-10-21-8-5-16-2/h14,16-17H,3-12H2,1-2H3. The van der Waals surface area contributed by atoms with E-state index in [-0.39, 0.29) is 24.3 Å². The number of nitrogens with zero attached hydrogens (tertiary/aromatic N) is 1. The number of likely N-dealkylation sites (tertiary alicyclic amines) is 1. The third-order valence-electron chi connectivity index (χ3n) is 3.62. The van der Waals surface area contributed by atoms with E-state index in [2.05, 4.69) is 10.6 Å². The molecule has 1 unspecified atom stereocenters. The highest BCUT2D eigenvalue weighted by atomic mass is 16.5. The zero-order chi connectivity index (χ0) is 16.2. The predicted molar refractivity (Wildman–Crippen MR) is 83.9 cm³/mol. The fraction of sp³-hybridized carbons (Fsp3) is 0.867. The summed E-state index contributed by atoms with van der Waals surface area (Å²) in [6, 6.07) is -0.244. The van der Waals surface area contributed by atoms with Gasteiger partial charge in [0.1, 0.15) is 0 Å². The van der Waals surface area contributed by atoms with Gasteiger partial charge in [0.15, 0.2) is 5.78 Å². The van der Waals surface area contributed by atoms with Gasteiger partial charge < -0.3 is 25.0 Å². The van der Waals surface area contributed by atoms with Crippen molar-refractivity contribution >= 4 is 11.7 Å². The molecule has 0 radical (unpaired) electrons. The summed E-state index contributed by atoms with van der Waals surface area (Å²) in [6.45, 7) is 6.32. The molecule has 0 aliphatic carbocycles. The van der Waals surface area contributed by atoms with Crippen molar-refractivity contribution in [2.75, 3.05) is 59.7 Å². The van der Waals surface area contributed by atoms with E-state index in [1.807, 2.05) is 7.05 Å². The molecule has 1 atom stereocenters. The van der Waals surface area contributed by atoms with Crippen LogP contribution >= 0.6 is 0 Å². The minimum absolute atomic E-state index is 0.0162. The molecule has 22 heavy (non-hydrogen) atoms. The number of hydrogen-bond donors (Lipinski definition) is 2. The van der Waals surface area contributed by atoms with Crippen molar-refractivity contribution in [3.8, 4) is 0 Å². The van der Waals surface area contributed by atoms with Crippen LogP contribution in [0.2, 0.25) is 0 Å². The molecular formula is C15H29N3O4. The molecule has 0 aromatic carbocycles. The Morgan fingerprint density at radius 2 is 1.82 bits per heavy atom. The Morgan fingerprint density at radius 3 is 2.45 bits per heavy atom. The van der Waals surface area contributed by atoms with Crippen LogP contribution in [-0.2, 0) is 19.1 Å². The number of hydrogen-bond acceptors (Lipinski definition) is 6. The zero-order valence-electron chi connectivity index (χ0n) is 13.7. The number of ether oxygens (including phenoxy) is 2. The quantitative estimate of drug-likeness (QED) is 0.469. The molecule has 128 valence electrons. The maximum atomic E-state index is 12.1. The van der Waals surface area contributed by atoms with Crippen LogP contribution in [0.1, 0.15) is 19.8 Å². The second-order valence-electron chi connectivity index (χ2n) is 5.34. The van der Waals surface area contributed by atoms with Crippen LogP contribution in [0.15, 0.2) is 0 Å². The lowest BCUT2D eigenvalue weighted by Crippen LogP contribution is -2.43. The normalized spacial score (nSPS) is 17.9. The summed E-state index contributed by atoms with van der Waals surface area (Å²) >= 11 is 0. The Kier molecular flexibility index (Phi) is 9.98. The molecule has 1 aliphatic heterocycles. The number of ketones is 1. The van der Waals surface area contributed by atoms with Gasteiger partial charge in [-0.15, -0.1) is 0 Å². The Hall–Kier alpha value is -1.02. The minimum Gasteiger partial charge on any atom is -0.378 e. The lowest BCUT2D eigenvalue weighted by atomic mass is 10.1. The maximum absolute atomic E-state index is 12.1. The average molecular weight is 315 g/mol. The number of nitrogens with one attached hydrogen (secondary N) is 2. The second kappa shape index (κ2) is 11.5. The molecule has 2 N–H and O–H groups in total. The van der Waals surface area contributed by atoms with Crippen LogP contribution in [-0.4, -0.2) is 82.3 Å². The summed E-state index contributed by atoms with van der Waals surface area (Å²) in [5.41, 5.74) is 0. The molecule has 1 amide bonds. The molecule has 0 saturated carbocycles. The van der Waals surface area contributed by atoms with Crippen molar-refractivity contribution in [3.05, 3.63) is 0 Å². The average Bonchev–Trinajstić information content (AvgIpc) is 2.99. The number of likely N-dealkylation sites (N-methyl/N-ethyl adjacent to an activating group) is 1. The van der Waals surface area contributed by atoms with E-state index in [9.17, 15) is 9.59 Å². The van der Waals surface area contributed by atoms with Crippen LogP contribution in [0.3, 0.4) is 0 Å². The predicted octanol–water partition coefficient (Wildman–Crippen LogP) is -0.591. The number of amides is 1. The molecular weight excluding hydrogens is 286 g/mol. The molecule has 1 fully saturated rings. The van der Waals surface area contributed by atoms with E-state index in [0.29, 0.717) is 39.5 Å². The Morgan fingerprint density at radius 1 is 1.14 bits per heavy atom. The van der Waals surface area contributed by atoms with Gasteiger partial charge in [-0.25, -0.2) is 0 Å². The van der Waals surface area contributed by atoms with E-state index in [1.54, 1.807) is 4.90 Å². The van der Waals surface area contributed by atoms with Crippen molar-refractivity contribution < 1.29 is 19.1 Å². The van der Waals surface area contributed by atoms with Crippen LogP contribution < -0.4 is 10.6 Å². The highest BCUT2D eigenvalue weighted by molar-refractivity contribution is 5.90. The second-order valence-corrected chi connectivity index (χ2v) is 5.34. The lowest BCUT2D eigenvalue weighted by molar-refractivity contribution is -0.135. The van der Waals surface area contributed by atoms with Gasteiger partial charge in [-0.3, -0.25) is 9.59 Å². The van der Waals surface area contributed by atoms with Crippen LogP contribution in [0.4, 0.5) is 0 Å². The first-order valence-corrected chi connectivity index (χ1v) is 7.97. The van der Waals surface area contributed by atoms with Gasteiger partial charge in [0.05, 0.1) is 39.0 Å². The fourth-order valence-electron chi connectivity index (χ4n) is 2.45.